The second-order valence-electron chi connectivity index (χ2n) is 7.46. The van der Waals surface area contributed by atoms with Gasteiger partial charge in [-0.25, -0.2) is 0 Å². The third-order valence-electron chi connectivity index (χ3n) is 5.22. The molecule has 25 heavy (non-hydrogen) atoms. The molecule has 1 aromatic rings. The number of nitrogens with one attached hydrogen (secondary N) is 1. The molecule has 4 nitrogen and oxygen atoms in total. The van der Waals surface area contributed by atoms with Gasteiger partial charge in [-0.15, -0.1) is 0 Å². The van der Waals surface area contributed by atoms with Crippen LogP contribution in [0.5, 0.6) is 0 Å². The molecule has 4 heteroatoms. The lowest BCUT2D eigenvalue weighted by atomic mass is 9.98. The summed E-state index contributed by atoms with van der Waals surface area (Å²) in [5.74, 6) is 1.02. The molecule has 1 aromatic carbocycles. The zero-order valence-corrected chi connectivity index (χ0v) is 15.8. The lowest BCUT2D eigenvalue weighted by molar-refractivity contribution is -0.121. The number of piperidine rings is 1. The van der Waals surface area contributed by atoms with Crippen molar-refractivity contribution in [2.24, 2.45) is 11.7 Å². The van der Waals surface area contributed by atoms with Crippen LogP contribution in [0.1, 0.15) is 63.0 Å². The smallest absolute Gasteiger partial charge is 0.220 e. The number of unbranched alkanes of at least 4 members (excludes halogenated alkanes) is 3. The molecule has 2 rings (SSSR count). The van der Waals surface area contributed by atoms with Crippen molar-refractivity contribution < 1.29 is 4.79 Å². The minimum absolute atomic E-state index is 0.161. The van der Waals surface area contributed by atoms with E-state index in [2.05, 4.69) is 41.4 Å². The van der Waals surface area contributed by atoms with Crippen LogP contribution in [0.4, 0.5) is 0 Å². The molecule has 1 aliphatic heterocycles. The van der Waals surface area contributed by atoms with Gasteiger partial charge in [-0.2, -0.15) is 0 Å². The maximum atomic E-state index is 12.0. The van der Waals surface area contributed by atoms with Crippen LogP contribution >= 0.6 is 0 Å². The van der Waals surface area contributed by atoms with Gasteiger partial charge in [0.05, 0.1) is 0 Å². The van der Waals surface area contributed by atoms with E-state index < -0.39 is 0 Å². The first-order valence-electron chi connectivity index (χ1n) is 9.95. The van der Waals surface area contributed by atoms with E-state index in [1.54, 1.807) is 0 Å². The van der Waals surface area contributed by atoms with E-state index in [4.69, 9.17) is 5.73 Å². The van der Waals surface area contributed by atoms with Gasteiger partial charge < -0.3 is 11.1 Å². The summed E-state index contributed by atoms with van der Waals surface area (Å²) >= 11 is 0. The summed E-state index contributed by atoms with van der Waals surface area (Å²) in [6.07, 6.45) is 7.45. The van der Waals surface area contributed by atoms with Gasteiger partial charge in [0.2, 0.25) is 5.91 Å². The highest BCUT2D eigenvalue weighted by molar-refractivity contribution is 5.75. The number of likely N-dealkylation sites (tertiary alicyclic amines) is 1. The molecule has 1 heterocycles. The van der Waals surface area contributed by atoms with Crippen LogP contribution in [0.2, 0.25) is 0 Å². The van der Waals surface area contributed by atoms with Crippen LogP contribution in [-0.4, -0.2) is 30.4 Å². The fraction of sp³-hybridized carbons (Fsp3) is 0.667. The number of carbonyl (C=O) groups excluding carboxylic acids is 1. The van der Waals surface area contributed by atoms with E-state index in [0.29, 0.717) is 13.0 Å². The fourth-order valence-electron chi connectivity index (χ4n) is 3.41. The van der Waals surface area contributed by atoms with Gasteiger partial charge in [-0.3, -0.25) is 9.69 Å². The summed E-state index contributed by atoms with van der Waals surface area (Å²) in [6, 6.07) is 8.51. The van der Waals surface area contributed by atoms with E-state index in [0.717, 1.165) is 44.7 Å². The van der Waals surface area contributed by atoms with Gasteiger partial charge in [0.15, 0.2) is 0 Å². The number of hydrogen-bond acceptors (Lipinski definition) is 3. The van der Waals surface area contributed by atoms with Crippen LogP contribution in [0.15, 0.2) is 24.3 Å². The van der Waals surface area contributed by atoms with E-state index in [-0.39, 0.29) is 5.91 Å². The normalized spacial score (nSPS) is 16.1. The molecule has 0 radical (unpaired) electrons. The zero-order valence-electron chi connectivity index (χ0n) is 15.8. The predicted molar refractivity (Wildman–Crippen MR) is 104 cm³/mol. The number of nitrogens with two attached hydrogens (primary N) is 1. The maximum absolute atomic E-state index is 12.0. The Balaban J connectivity index is 1.75. The highest BCUT2D eigenvalue weighted by Gasteiger charge is 2.16. The molecule has 1 amide bonds. The summed E-state index contributed by atoms with van der Waals surface area (Å²) < 4.78 is 0. The molecular weight excluding hydrogens is 310 g/mol. The largest absolute Gasteiger partial charge is 0.352 e. The van der Waals surface area contributed by atoms with Gasteiger partial charge in [-0.05, 0) is 62.4 Å². The summed E-state index contributed by atoms with van der Waals surface area (Å²) in [5, 5.41) is 3.09. The number of rotatable bonds is 10. The van der Waals surface area contributed by atoms with Crippen molar-refractivity contribution in [1.29, 1.82) is 0 Å². The lowest BCUT2D eigenvalue weighted by Gasteiger charge is -2.30. The van der Waals surface area contributed by atoms with Gasteiger partial charge in [0, 0.05) is 19.5 Å². The molecular formula is C21H35N3O. The lowest BCUT2D eigenvalue weighted by Crippen LogP contribution is -2.33. The Morgan fingerprint density at radius 1 is 1.12 bits per heavy atom. The summed E-state index contributed by atoms with van der Waals surface area (Å²) in [7, 11) is 0. The number of benzene rings is 1. The molecule has 0 unspecified atom stereocenters. The van der Waals surface area contributed by atoms with E-state index >= 15 is 0 Å². The molecule has 1 fully saturated rings. The average molecular weight is 346 g/mol. The molecule has 0 aromatic heterocycles. The molecule has 0 atom stereocenters. The molecule has 0 bridgehead atoms. The van der Waals surface area contributed by atoms with Crippen molar-refractivity contribution in [3.05, 3.63) is 35.4 Å². The molecule has 0 spiro atoms. The monoisotopic (exact) mass is 345 g/mol. The summed E-state index contributed by atoms with van der Waals surface area (Å²) in [6.45, 7) is 7.10. The van der Waals surface area contributed by atoms with Crippen molar-refractivity contribution in [2.75, 3.05) is 19.6 Å². The first kappa shape index (κ1) is 19.9. The van der Waals surface area contributed by atoms with Crippen LogP contribution in [0, 0.1) is 5.92 Å². The third-order valence-corrected chi connectivity index (χ3v) is 5.22. The SMILES string of the molecule is CC1CCN(Cc2ccccc2CNC(=O)CCCCCCN)CC1. The standard InChI is InChI=1S/C21H35N3O/c1-18-11-14-24(15-12-18)17-20-9-6-5-8-19(20)16-23-21(25)10-4-2-3-7-13-22/h5-6,8-9,18H,2-4,7,10-17,22H2,1H3,(H,23,25). The zero-order chi connectivity index (χ0) is 17.9. The average Bonchev–Trinajstić information content (AvgIpc) is 2.63. The Kier molecular flexibility index (Phi) is 8.98. The van der Waals surface area contributed by atoms with Crippen LogP contribution in [0.3, 0.4) is 0 Å². The first-order chi connectivity index (χ1) is 12.2. The Morgan fingerprint density at radius 3 is 2.52 bits per heavy atom. The second-order valence-corrected chi connectivity index (χ2v) is 7.46. The number of hydrogen-bond donors (Lipinski definition) is 2. The maximum Gasteiger partial charge on any atom is 0.220 e. The predicted octanol–water partition coefficient (Wildman–Crippen LogP) is 3.44. The van der Waals surface area contributed by atoms with Crippen molar-refractivity contribution in [2.45, 2.75) is 65.0 Å². The van der Waals surface area contributed by atoms with E-state index in [9.17, 15) is 4.79 Å². The molecule has 140 valence electrons. The minimum atomic E-state index is 0.161. The van der Waals surface area contributed by atoms with Gasteiger partial charge >= 0.3 is 0 Å². The highest BCUT2D eigenvalue weighted by atomic mass is 16.1. The molecule has 3 N–H and O–H groups in total. The fourth-order valence-corrected chi connectivity index (χ4v) is 3.41. The minimum Gasteiger partial charge on any atom is -0.352 e. The van der Waals surface area contributed by atoms with Gasteiger partial charge in [0.1, 0.15) is 0 Å². The van der Waals surface area contributed by atoms with Crippen molar-refractivity contribution in [3.8, 4) is 0 Å². The quantitative estimate of drug-likeness (QED) is 0.639. The first-order valence-corrected chi connectivity index (χ1v) is 9.95. The van der Waals surface area contributed by atoms with Gasteiger partial charge in [-0.1, -0.05) is 44.0 Å². The van der Waals surface area contributed by atoms with E-state index in [1.807, 2.05) is 0 Å². The molecule has 0 saturated carbocycles. The second kappa shape index (κ2) is 11.3. The van der Waals surface area contributed by atoms with Crippen molar-refractivity contribution in [3.63, 3.8) is 0 Å². The summed E-state index contributed by atoms with van der Waals surface area (Å²) in [4.78, 5) is 14.6. The van der Waals surface area contributed by atoms with Crippen LogP contribution in [-0.2, 0) is 17.9 Å². The Hall–Kier alpha value is -1.39. The number of nitrogens with zero attached hydrogens (tertiary/aromatic N) is 1. The molecule has 1 saturated heterocycles. The molecule has 0 aliphatic carbocycles. The number of carbonyl (C=O) groups is 1. The molecule has 1 aliphatic rings. The Morgan fingerprint density at radius 2 is 1.80 bits per heavy atom. The highest BCUT2D eigenvalue weighted by Crippen LogP contribution is 2.19. The third kappa shape index (κ3) is 7.57. The van der Waals surface area contributed by atoms with Crippen molar-refractivity contribution >= 4 is 5.91 Å². The topological polar surface area (TPSA) is 58.4 Å². The van der Waals surface area contributed by atoms with Gasteiger partial charge in [0.25, 0.3) is 0 Å². The summed E-state index contributed by atoms with van der Waals surface area (Å²) in [5.41, 5.74) is 8.08. The van der Waals surface area contributed by atoms with Crippen molar-refractivity contribution in [1.82, 2.24) is 10.2 Å². The Labute approximate surface area is 153 Å². The Bertz CT molecular complexity index is 510. The van der Waals surface area contributed by atoms with Crippen LogP contribution in [0.25, 0.3) is 0 Å². The van der Waals surface area contributed by atoms with Crippen LogP contribution < -0.4 is 11.1 Å². The number of amides is 1. The van der Waals surface area contributed by atoms with E-state index in [1.165, 1.54) is 37.1 Å².